The number of carbonyl (C=O) groups is 1. The summed E-state index contributed by atoms with van der Waals surface area (Å²) in [6, 6.07) is 0.147. The summed E-state index contributed by atoms with van der Waals surface area (Å²) < 4.78 is 1.85. The molecule has 7 nitrogen and oxygen atoms in total. The van der Waals surface area contributed by atoms with Crippen molar-refractivity contribution in [2.24, 2.45) is 0 Å². The van der Waals surface area contributed by atoms with Crippen LogP contribution in [0.5, 0.6) is 0 Å². The van der Waals surface area contributed by atoms with E-state index in [0.29, 0.717) is 17.6 Å². The number of nitrogens with zero attached hydrogens (tertiary/aromatic N) is 2. The molecule has 2 aromatic heterocycles. The van der Waals surface area contributed by atoms with Gasteiger partial charge in [0.05, 0.1) is 6.33 Å². The molecule has 2 aromatic rings. The van der Waals surface area contributed by atoms with Crippen molar-refractivity contribution in [3.05, 3.63) is 27.2 Å². The molecular formula is C15H22N4O3. The molecule has 0 fully saturated rings. The van der Waals surface area contributed by atoms with Crippen molar-refractivity contribution in [2.75, 3.05) is 0 Å². The monoisotopic (exact) mass is 306 g/mol. The molecule has 0 saturated carbocycles. The fourth-order valence-electron chi connectivity index (χ4n) is 2.76. The molecule has 7 heteroatoms. The van der Waals surface area contributed by atoms with Crippen LogP contribution in [-0.2, 0) is 4.79 Å². The lowest BCUT2D eigenvalue weighted by atomic mass is 10.0. The summed E-state index contributed by atoms with van der Waals surface area (Å²) in [5, 5.41) is 0. The smallest absolute Gasteiger partial charge is 0.322 e. The van der Waals surface area contributed by atoms with Gasteiger partial charge in [0.25, 0.3) is 5.56 Å². The molecular weight excluding hydrogens is 284 g/mol. The lowest BCUT2D eigenvalue weighted by Crippen LogP contribution is -2.24. The van der Waals surface area contributed by atoms with Crippen molar-refractivity contribution in [3.8, 4) is 0 Å². The van der Waals surface area contributed by atoms with Gasteiger partial charge >= 0.3 is 5.69 Å². The molecule has 0 amide bonds. The second-order valence-corrected chi connectivity index (χ2v) is 5.65. The maximum atomic E-state index is 12.0. The minimum Gasteiger partial charge on any atom is -0.322 e. The third-order valence-corrected chi connectivity index (χ3v) is 3.80. The van der Waals surface area contributed by atoms with Gasteiger partial charge in [0, 0.05) is 12.5 Å². The average Bonchev–Trinajstić information content (AvgIpc) is 2.85. The number of unbranched alkanes of at least 4 members (excludes halogenated alkanes) is 1. The lowest BCUT2D eigenvalue weighted by molar-refractivity contribution is -0.117. The van der Waals surface area contributed by atoms with Crippen molar-refractivity contribution in [3.63, 3.8) is 0 Å². The highest BCUT2D eigenvalue weighted by Crippen LogP contribution is 2.23. The Morgan fingerprint density at radius 3 is 2.73 bits per heavy atom. The first-order valence-corrected chi connectivity index (χ1v) is 7.71. The third kappa shape index (κ3) is 3.72. The number of Topliss-reactive ketones (excluding diaryl/α,β-unsaturated/α-hetero) is 1. The second-order valence-electron chi connectivity index (χ2n) is 5.65. The molecule has 0 saturated heterocycles. The van der Waals surface area contributed by atoms with Crippen LogP contribution in [0.25, 0.3) is 11.2 Å². The van der Waals surface area contributed by atoms with Gasteiger partial charge in [0.15, 0.2) is 11.2 Å². The Labute approximate surface area is 127 Å². The molecule has 2 rings (SSSR count). The number of ketones is 1. The van der Waals surface area contributed by atoms with Crippen LogP contribution in [0.1, 0.15) is 58.4 Å². The van der Waals surface area contributed by atoms with E-state index >= 15 is 0 Å². The molecule has 0 aromatic carbocycles. The Kier molecular flexibility index (Phi) is 5.30. The van der Waals surface area contributed by atoms with Crippen LogP contribution in [0, 0.1) is 0 Å². The van der Waals surface area contributed by atoms with Crippen LogP contribution in [0.4, 0.5) is 0 Å². The highest BCUT2D eigenvalue weighted by Gasteiger charge is 2.16. The zero-order chi connectivity index (χ0) is 16.1. The Bertz CT molecular complexity index is 756. The van der Waals surface area contributed by atoms with Crippen molar-refractivity contribution in [2.45, 2.75) is 58.4 Å². The normalized spacial score (nSPS) is 12.6. The number of nitrogens with one attached hydrogen (secondary N) is 2. The fourth-order valence-corrected chi connectivity index (χ4v) is 2.76. The van der Waals surface area contributed by atoms with E-state index < -0.39 is 11.2 Å². The predicted molar refractivity (Wildman–Crippen MR) is 84.1 cm³/mol. The van der Waals surface area contributed by atoms with Gasteiger partial charge in [0.1, 0.15) is 5.78 Å². The van der Waals surface area contributed by atoms with E-state index in [1.54, 1.807) is 13.3 Å². The van der Waals surface area contributed by atoms with E-state index in [1.165, 1.54) is 0 Å². The SMILES string of the molecule is CCCC(CCCCC(C)=O)n1cnc2[nH]c(=O)[nH]c(=O)c21. The molecule has 0 radical (unpaired) electrons. The van der Waals surface area contributed by atoms with E-state index in [9.17, 15) is 14.4 Å². The van der Waals surface area contributed by atoms with E-state index in [4.69, 9.17) is 0 Å². The van der Waals surface area contributed by atoms with Crippen molar-refractivity contribution >= 4 is 16.9 Å². The van der Waals surface area contributed by atoms with Gasteiger partial charge in [0.2, 0.25) is 0 Å². The molecule has 2 N–H and O–H groups in total. The first-order chi connectivity index (χ1) is 10.5. The molecule has 2 heterocycles. The summed E-state index contributed by atoms with van der Waals surface area (Å²) in [6.45, 7) is 3.69. The number of hydrogen-bond acceptors (Lipinski definition) is 4. The van der Waals surface area contributed by atoms with Gasteiger partial charge in [-0.1, -0.05) is 19.8 Å². The summed E-state index contributed by atoms with van der Waals surface area (Å²) in [6.07, 6.45) is 6.77. The van der Waals surface area contributed by atoms with Crippen molar-refractivity contribution in [1.29, 1.82) is 0 Å². The summed E-state index contributed by atoms with van der Waals surface area (Å²) >= 11 is 0. The first kappa shape index (κ1) is 16.2. The lowest BCUT2D eigenvalue weighted by Gasteiger charge is -2.18. The minimum absolute atomic E-state index is 0.147. The highest BCUT2D eigenvalue weighted by molar-refractivity contribution is 5.75. The second kappa shape index (κ2) is 7.20. The number of H-pyrrole nitrogens is 2. The largest absolute Gasteiger partial charge is 0.327 e. The zero-order valence-corrected chi connectivity index (χ0v) is 13.0. The Balaban J connectivity index is 2.23. The van der Waals surface area contributed by atoms with E-state index in [2.05, 4.69) is 21.9 Å². The van der Waals surface area contributed by atoms with Crippen molar-refractivity contribution in [1.82, 2.24) is 19.5 Å². The van der Waals surface area contributed by atoms with E-state index in [-0.39, 0.29) is 11.8 Å². The van der Waals surface area contributed by atoms with Crippen LogP contribution >= 0.6 is 0 Å². The average molecular weight is 306 g/mol. The molecule has 1 atom stereocenters. The fraction of sp³-hybridized carbons (Fsp3) is 0.600. The molecule has 22 heavy (non-hydrogen) atoms. The topological polar surface area (TPSA) is 101 Å². The quantitative estimate of drug-likeness (QED) is 0.727. The summed E-state index contributed by atoms with van der Waals surface area (Å²) in [5.41, 5.74) is -0.236. The summed E-state index contributed by atoms with van der Waals surface area (Å²) in [5.74, 6) is 0.203. The van der Waals surface area contributed by atoms with Gasteiger partial charge in [-0.2, -0.15) is 0 Å². The van der Waals surface area contributed by atoms with E-state index in [0.717, 1.165) is 32.1 Å². The van der Waals surface area contributed by atoms with Crippen LogP contribution in [0.2, 0.25) is 0 Å². The molecule has 0 aliphatic carbocycles. The number of fused-ring (bicyclic) bond motifs is 1. The molecule has 120 valence electrons. The maximum Gasteiger partial charge on any atom is 0.327 e. The van der Waals surface area contributed by atoms with Crippen LogP contribution in [0.15, 0.2) is 15.9 Å². The number of rotatable bonds is 8. The number of hydrogen-bond donors (Lipinski definition) is 2. The number of carbonyl (C=O) groups excluding carboxylic acids is 1. The summed E-state index contributed by atoms with van der Waals surface area (Å²) in [7, 11) is 0. The van der Waals surface area contributed by atoms with Gasteiger partial charge in [-0.3, -0.25) is 14.8 Å². The summed E-state index contributed by atoms with van der Waals surface area (Å²) in [4.78, 5) is 43.2. The third-order valence-electron chi connectivity index (χ3n) is 3.80. The van der Waals surface area contributed by atoms with Crippen LogP contribution < -0.4 is 11.2 Å². The Morgan fingerprint density at radius 1 is 1.27 bits per heavy atom. The van der Waals surface area contributed by atoms with E-state index in [1.807, 2.05) is 4.57 Å². The molecule has 1 unspecified atom stereocenters. The molecule has 0 bridgehead atoms. The van der Waals surface area contributed by atoms with Gasteiger partial charge in [-0.15, -0.1) is 0 Å². The van der Waals surface area contributed by atoms with Gasteiger partial charge < -0.3 is 9.36 Å². The first-order valence-electron chi connectivity index (χ1n) is 7.71. The van der Waals surface area contributed by atoms with Gasteiger partial charge in [-0.05, 0) is 26.2 Å². The maximum absolute atomic E-state index is 12.0. The molecule has 0 spiro atoms. The minimum atomic E-state index is -0.545. The predicted octanol–water partition coefficient (Wildman–Crippen LogP) is 1.90. The highest BCUT2D eigenvalue weighted by atomic mass is 16.2. The Morgan fingerprint density at radius 2 is 2.05 bits per heavy atom. The van der Waals surface area contributed by atoms with Gasteiger partial charge in [-0.25, -0.2) is 9.78 Å². The van der Waals surface area contributed by atoms with Crippen LogP contribution in [-0.4, -0.2) is 25.3 Å². The molecule has 0 aliphatic rings. The van der Waals surface area contributed by atoms with Crippen molar-refractivity contribution < 1.29 is 4.79 Å². The number of aromatic nitrogens is 4. The van der Waals surface area contributed by atoms with Crippen LogP contribution in [0.3, 0.4) is 0 Å². The number of aromatic amines is 2. The zero-order valence-electron chi connectivity index (χ0n) is 13.0. The molecule has 0 aliphatic heterocycles. The standard InChI is InChI=1S/C15H22N4O3/c1-3-6-11(8-5-4-7-10(2)20)19-9-16-13-12(19)14(21)18-15(22)17-13/h9,11H,3-8H2,1-2H3,(H2,17,18,21,22). The Hall–Kier alpha value is -2.18. The number of imidazole rings is 1.